The van der Waals surface area contributed by atoms with Crippen LogP contribution in [0.15, 0.2) is 30.9 Å². The predicted molar refractivity (Wildman–Crippen MR) is 93.0 cm³/mol. The minimum Gasteiger partial charge on any atom is -0.470 e. The highest BCUT2D eigenvalue weighted by molar-refractivity contribution is 6.02. The number of amides is 1. The number of ether oxygens (including phenoxy) is 1. The van der Waals surface area contributed by atoms with Gasteiger partial charge in [0.05, 0.1) is 23.8 Å². The molecule has 9 heteroatoms. The lowest BCUT2D eigenvalue weighted by atomic mass is 10.3. The van der Waals surface area contributed by atoms with Gasteiger partial charge in [-0.2, -0.15) is 0 Å². The van der Waals surface area contributed by atoms with Gasteiger partial charge in [-0.05, 0) is 26.2 Å². The van der Waals surface area contributed by atoms with E-state index in [1.165, 1.54) is 22.9 Å². The summed E-state index contributed by atoms with van der Waals surface area (Å²) in [5, 5.41) is 2.57. The van der Waals surface area contributed by atoms with Gasteiger partial charge in [-0.15, -0.1) is 0 Å². The third kappa shape index (κ3) is 3.57. The van der Waals surface area contributed by atoms with Gasteiger partial charge in [-0.3, -0.25) is 4.79 Å². The number of nitrogens with one attached hydrogen (secondary N) is 1. The molecule has 4 rings (SSSR count). The Morgan fingerprint density at radius 3 is 2.85 bits per heavy atom. The molecule has 0 bridgehead atoms. The largest absolute Gasteiger partial charge is 0.470 e. The van der Waals surface area contributed by atoms with E-state index in [0.29, 0.717) is 18.5 Å². The standard InChI is InChI=1S/C18H17F2N5O2/c1-10-8-25-9-11(5-13(20)17(25)23-10)24-18(26)14-6-22-16(7-21-14)27-15-4-2-3-12(15)19/h5-9,12,15H,2-4H2,1H3,(H,24,26)/t12-,15+/m0/s1. The van der Waals surface area contributed by atoms with Gasteiger partial charge >= 0.3 is 0 Å². The summed E-state index contributed by atoms with van der Waals surface area (Å²) in [4.78, 5) is 24.4. The van der Waals surface area contributed by atoms with Crippen molar-refractivity contribution in [3.8, 4) is 5.88 Å². The van der Waals surface area contributed by atoms with E-state index in [1.54, 1.807) is 19.3 Å². The van der Waals surface area contributed by atoms with Crippen LogP contribution in [0, 0.1) is 12.7 Å². The van der Waals surface area contributed by atoms with Crippen molar-refractivity contribution in [3.63, 3.8) is 0 Å². The first-order valence-electron chi connectivity index (χ1n) is 8.58. The number of fused-ring (bicyclic) bond motifs is 1. The number of carbonyl (C=O) groups excluding carboxylic acids is 1. The van der Waals surface area contributed by atoms with E-state index in [1.807, 2.05) is 0 Å². The highest BCUT2D eigenvalue weighted by Crippen LogP contribution is 2.25. The molecule has 3 aromatic rings. The fourth-order valence-corrected chi connectivity index (χ4v) is 3.11. The molecule has 1 saturated carbocycles. The zero-order chi connectivity index (χ0) is 19.0. The van der Waals surface area contributed by atoms with Crippen molar-refractivity contribution < 1.29 is 18.3 Å². The van der Waals surface area contributed by atoms with Gasteiger partial charge in [0.2, 0.25) is 5.88 Å². The molecule has 1 aliphatic carbocycles. The average molecular weight is 373 g/mol. The van der Waals surface area contributed by atoms with Crippen LogP contribution in [0.2, 0.25) is 0 Å². The summed E-state index contributed by atoms with van der Waals surface area (Å²) in [6.45, 7) is 1.75. The fourth-order valence-electron chi connectivity index (χ4n) is 3.11. The molecular formula is C18H17F2N5O2. The number of anilines is 1. The second-order valence-electron chi connectivity index (χ2n) is 6.49. The van der Waals surface area contributed by atoms with Crippen molar-refractivity contribution >= 4 is 17.2 Å². The molecule has 27 heavy (non-hydrogen) atoms. The van der Waals surface area contributed by atoms with Crippen LogP contribution in [-0.2, 0) is 0 Å². The van der Waals surface area contributed by atoms with E-state index in [4.69, 9.17) is 4.74 Å². The van der Waals surface area contributed by atoms with Crippen LogP contribution in [0.5, 0.6) is 5.88 Å². The number of imidazole rings is 1. The highest BCUT2D eigenvalue weighted by Gasteiger charge is 2.29. The second-order valence-corrected chi connectivity index (χ2v) is 6.49. The molecule has 140 valence electrons. The smallest absolute Gasteiger partial charge is 0.275 e. The number of hydrogen-bond donors (Lipinski definition) is 1. The summed E-state index contributed by atoms with van der Waals surface area (Å²) in [6, 6.07) is 1.19. The molecule has 7 nitrogen and oxygen atoms in total. The van der Waals surface area contributed by atoms with Crippen LogP contribution in [0.3, 0.4) is 0 Å². The molecule has 3 aromatic heterocycles. The Labute approximate surface area is 153 Å². The number of alkyl halides is 1. The summed E-state index contributed by atoms with van der Waals surface area (Å²) in [5.41, 5.74) is 1.14. The first kappa shape index (κ1) is 17.3. The zero-order valence-electron chi connectivity index (χ0n) is 14.5. The SMILES string of the molecule is Cc1cn2cc(NC(=O)c3cnc(O[C@@H]4CCC[C@@H]4F)cn3)cc(F)c2n1. The van der Waals surface area contributed by atoms with Crippen LogP contribution in [0.1, 0.15) is 35.4 Å². The number of aryl methyl sites for hydroxylation is 1. The summed E-state index contributed by atoms with van der Waals surface area (Å²) in [5.74, 6) is -0.926. The lowest BCUT2D eigenvalue weighted by molar-refractivity contribution is 0.102. The lowest BCUT2D eigenvalue weighted by Crippen LogP contribution is -2.23. The van der Waals surface area contributed by atoms with Crippen molar-refractivity contribution in [3.05, 3.63) is 48.1 Å². The fraction of sp³-hybridized carbons (Fsp3) is 0.333. The summed E-state index contributed by atoms with van der Waals surface area (Å²) in [6.07, 6.45) is 6.09. The van der Waals surface area contributed by atoms with Crippen molar-refractivity contribution in [1.82, 2.24) is 19.4 Å². The third-order valence-electron chi connectivity index (χ3n) is 4.39. The Kier molecular flexibility index (Phi) is 4.43. The average Bonchev–Trinajstić information content (AvgIpc) is 3.21. The summed E-state index contributed by atoms with van der Waals surface area (Å²) in [7, 11) is 0. The number of halogens is 2. The monoisotopic (exact) mass is 373 g/mol. The van der Waals surface area contributed by atoms with Gasteiger partial charge in [0.1, 0.15) is 18.0 Å². The third-order valence-corrected chi connectivity index (χ3v) is 4.39. The predicted octanol–water partition coefficient (Wildman–Crippen LogP) is 3.09. The van der Waals surface area contributed by atoms with Crippen molar-refractivity contribution in [2.45, 2.75) is 38.5 Å². The lowest BCUT2D eigenvalue weighted by Gasteiger charge is -2.14. The maximum Gasteiger partial charge on any atom is 0.275 e. The number of hydrogen-bond acceptors (Lipinski definition) is 5. The topological polar surface area (TPSA) is 81.4 Å². The van der Waals surface area contributed by atoms with Crippen LogP contribution < -0.4 is 10.1 Å². The quantitative estimate of drug-likeness (QED) is 0.760. The Hall–Kier alpha value is -3.10. The number of aromatic nitrogens is 4. The normalized spacial score (nSPS) is 19.4. The summed E-state index contributed by atoms with van der Waals surface area (Å²) < 4.78 is 34.6. The van der Waals surface area contributed by atoms with E-state index in [0.717, 1.165) is 6.42 Å². The summed E-state index contributed by atoms with van der Waals surface area (Å²) >= 11 is 0. The molecule has 1 aliphatic rings. The van der Waals surface area contributed by atoms with Crippen molar-refractivity contribution in [2.75, 3.05) is 5.32 Å². The highest BCUT2D eigenvalue weighted by atomic mass is 19.1. The van der Waals surface area contributed by atoms with Crippen LogP contribution >= 0.6 is 0 Å². The molecule has 1 N–H and O–H groups in total. The van der Waals surface area contributed by atoms with Crippen LogP contribution in [0.25, 0.3) is 5.65 Å². The van der Waals surface area contributed by atoms with E-state index in [2.05, 4.69) is 20.3 Å². The number of carbonyl (C=O) groups is 1. The van der Waals surface area contributed by atoms with Crippen LogP contribution in [-0.4, -0.2) is 37.5 Å². The minimum absolute atomic E-state index is 0.0351. The molecule has 0 spiro atoms. The Morgan fingerprint density at radius 1 is 1.30 bits per heavy atom. The zero-order valence-corrected chi connectivity index (χ0v) is 14.5. The van der Waals surface area contributed by atoms with Gasteiger partial charge in [-0.25, -0.2) is 23.7 Å². The van der Waals surface area contributed by atoms with E-state index >= 15 is 0 Å². The molecule has 0 radical (unpaired) electrons. The van der Waals surface area contributed by atoms with Gasteiger partial charge in [0, 0.05) is 18.5 Å². The van der Waals surface area contributed by atoms with E-state index in [9.17, 15) is 13.6 Å². The molecule has 1 fully saturated rings. The molecule has 1 amide bonds. The Morgan fingerprint density at radius 2 is 2.15 bits per heavy atom. The van der Waals surface area contributed by atoms with Gasteiger partial charge < -0.3 is 14.5 Å². The molecule has 2 atom stereocenters. The molecule has 3 heterocycles. The Balaban J connectivity index is 1.46. The van der Waals surface area contributed by atoms with Crippen molar-refractivity contribution in [2.24, 2.45) is 0 Å². The van der Waals surface area contributed by atoms with Gasteiger partial charge in [0.15, 0.2) is 11.5 Å². The van der Waals surface area contributed by atoms with E-state index < -0.39 is 24.0 Å². The van der Waals surface area contributed by atoms with Crippen LogP contribution in [0.4, 0.5) is 14.5 Å². The molecule has 0 aromatic carbocycles. The van der Waals surface area contributed by atoms with Gasteiger partial charge in [0.25, 0.3) is 5.91 Å². The van der Waals surface area contributed by atoms with Crippen molar-refractivity contribution in [1.29, 1.82) is 0 Å². The van der Waals surface area contributed by atoms with Gasteiger partial charge in [-0.1, -0.05) is 0 Å². The Bertz CT molecular complexity index is 989. The molecule has 0 saturated heterocycles. The maximum atomic E-state index is 14.1. The first-order valence-corrected chi connectivity index (χ1v) is 8.58. The molecule has 0 unspecified atom stereocenters. The first-order chi connectivity index (χ1) is 13.0. The number of pyridine rings is 1. The second kappa shape index (κ2) is 6.90. The van der Waals surface area contributed by atoms with E-state index in [-0.39, 0.29) is 22.9 Å². The maximum absolute atomic E-state index is 14.1. The minimum atomic E-state index is -1.01. The molecular weight excluding hydrogens is 356 g/mol. The number of rotatable bonds is 4. The number of nitrogens with zero attached hydrogens (tertiary/aromatic N) is 4. The molecule has 0 aliphatic heterocycles.